The Kier molecular flexibility index (Phi) is 4.75. The van der Waals surface area contributed by atoms with Gasteiger partial charge in [-0.05, 0) is 43.9 Å². The molecule has 0 aliphatic heterocycles. The average molecular weight is 303 g/mol. The Bertz CT molecular complexity index is 571. The van der Waals surface area contributed by atoms with Crippen molar-refractivity contribution in [1.29, 1.82) is 0 Å². The quantitative estimate of drug-likeness (QED) is 0.787. The molecule has 0 saturated heterocycles. The predicted octanol–water partition coefficient (Wildman–Crippen LogP) is 2.52. The number of hydrogen-bond donors (Lipinski definition) is 1. The summed E-state index contributed by atoms with van der Waals surface area (Å²) in [6.07, 6.45) is 2.92. The molecule has 1 aromatic carbocycles. The Morgan fingerprint density at radius 1 is 1.35 bits per heavy atom. The highest BCUT2D eigenvalue weighted by atomic mass is 32.2. The van der Waals surface area contributed by atoms with Gasteiger partial charge in [-0.1, -0.05) is 6.92 Å². The Morgan fingerprint density at radius 3 is 2.60 bits per heavy atom. The molecule has 112 valence electrons. The van der Waals surface area contributed by atoms with E-state index in [1.165, 1.54) is 0 Å². The molecular formula is C14H19F2NO2S. The highest BCUT2D eigenvalue weighted by Gasteiger charge is 2.35. The molecule has 1 atom stereocenters. The monoisotopic (exact) mass is 303 g/mol. The Balaban J connectivity index is 2.16. The second-order valence-electron chi connectivity index (χ2n) is 5.25. The van der Waals surface area contributed by atoms with E-state index in [2.05, 4.69) is 5.32 Å². The molecule has 0 bridgehead atoms. The topological polar surface area (TPSA) is 46.2 Å². The minimum atomic E-state index is -3.75. The first-order chi connectivity index (χ1) is 9.44. The molecule has 1 aromatic rings. The lowest BCUT2D eigenvalue weighted by Gasteiger charge is -2.18. The lowest BCUT2D eigenvalue weighted by Crippen LogP contribution is -2.38. The predicted molar refractivity (Wildman–Crippen MR) is 73.2 cm³/mol. The van der Waals surface area contributed by atoms with Crippen molar-refractivity contribution in [3.63, 3.8) is 0 Å². The summed E-state index contributed by atoms with van der Waals surface area (Å²) in [5.74, 6) is -1.58. The summed E-state index contributed by atoms with van der Waals surface area (Å²) in [5, 5.41) is 3.21. The fourth-order valence-electron chi connectivity index (χ4n) is 2.24. The summed E-state index contributed by atoms with van der Waals surface area (Å²) in [7, 11) is -3.75. The smallest absolute Gasteiger partial charge is 0.182 e. The fraction of sp³-hybridized carbons (Fsp3) is 0.571. The van der Waals surface area contributed by atoms with Crippen molar-refractivity contribution in [3.05, 3.63) is 29.8 Å². The van der Waals surface area contributed by atoms with Gasteiger partial charge in [-0.2, -0.15) is 0 Å². The Hall–Kier alpha value is -1.01. The van der Waals surface area contributed by atoms with Gasteiger partial charge in [0.15, 0.2) is 9.84 Å². The standard InChI is InChI=1S/C14H19F2NO2S/c1-2-7-17-13(10-3-4-10)9-20(18,19)14-6-5-11(15)8-12(14)16/h5-6,8,10,13,17H,2-4,7,9H2,1H3. The van der Waals surface area contributed by atoms with Crippen LogP contribution in [0.1, 0.15) is 26.2 Å². The molecule has 6 heteroatoms. The zero-order valence-corrected chi connectivity index (χ0v) is 12.2. The molecule has 1 aliphatic carbocycles. The van der Waals surface area contributed by atoms with E-state index in [1.807, 2.05) is 6.92 Å². The molecule has 20 heavy (non-hydrogen) atoms. The molecule has 1 N–H and O–H groups in total. The summed E-state index contributed by atoms with van der Waals surface area (Å²) >= 11 is 0. The molecule has 0 spiro atoms. The summed E-state index contributed by atoms with van der Waals surface area (Å²) in [4.78, 5) is -0.414. The van der Waals surface area contributed by atoms with Crippen molar-refractivity contribution in [2.24, 2.45) is 5.92 Å². The van der Waals surface area contributed by atoms with Crippen molar-refractivity contribution in [2.45, 2.75) is 37.1 Å². The molecule has 0 amide bonds. The van der Waals surface area contributed by atoms with E-state index in [9.17, 15) is 17.2 Å². The van der Waals surface area contributed by atoms with Crippen LogP contribution in [-0.4, -0.2) is 26.8 Å². The second kappa shape index (κ2) is 6.18. The van der Waals surface area contributed by atoms with Crippen LogP contribution in [0.15, 0.2) is 23.1 Å². The van der Waals surface area contributed by atoms with Crippen LogP contribution in [0.2, 0.25) is 0 Å². The maximum absolute atomic E-state index is 13.6. The number of nitrogens with one attached hydrogen (secondary N) is 1. The molecule has 1 unspecified atom stereocenters. The highest BCUT2D eigenvalue weighted by molar-refractivity contribution is 7.91. The third-order valence-electron chi connectivity index (χ3n) is 3.48. The summed E-state index contributed by atoms with van der Waals surface area (Å²) < 4.78 is 51.0. The number of hydrogen-bond acceptors (Lipinski definition) is 3. The van der Waals surface area contributed by atoms with Gasteiger partial charge in [-0.3, -0.25) is 0 Å². The zero-order chi connectivity index (χ0) is 14.8. The van der Waals surface area contributed by atoms with E-state index in [-0.39, 0.29) is 11.8 Å². The van der Waals surface area contributed by atoms with Crippen molar-refractivity contribution >= 4 is 9.84 Å². The molecule has 1 aliphatic rings. The SMILES string of the molecule is CCCNC(CS(=O)(=O)c1ccc(F)cc1F)C1CC1. The minimum Gasteiger partial charge on any atom is -0.313 e. The van der Waals surface area contributed by atoms with Gasteiger partial charge in [0.2, 0.25) is 0 Å². The van der Waals surface area contributed by atoms with E-state index in [0.717, 1.165) is 37.9 Å². The summed E-state index contributed by atoms with van der Waals surface area (Å²) in [5.41, 5.74) is 0. The van der Waals surface area contributed by atoms with Crippen molar-refractivity contribution in [2.75, 3.05) is 12.3 Å². The lowest BCUT2D eigenvalue weighted by molar-refractivity contribution is 0.486. The van der Waals surface area contributed by atoms with E-state index in [1.54, 1.807) is 0 Å². The zero-order valence-electron chi connectivity index (χ0n) is 11.4. The molecule has 0 aromatic heterocycles. The van der Waals surface area contributed by atoms with E-state index < -0.39 is 26.4 Å². The van der Waals surface area contributed by atoms with E-state index >= 15 is 0 Å². The maximum Gasteiger partial charge on any atom is 0.182 e. The Labute approximate surface area is 118 Å². The van der Waals surface area contributed by atoms with Gasteiger partial charge in [0.05, 0.1) is 5.75 Å². The summed E-state index contributed by atoms with van der Waals surface area (Å²) in [6.45, 7) is 2.74. The second-order valence-corrected chi connectivity index (χ2v) is 7.26. The average Bonchev–Trinajstić information content (AvgIpc) is 3.18. The van der Waals surface area contributed by atoms with Gasteiger partial charge in [-0.25, -0.2) is 17.2 Å². The van der Waals surface area contributed by atoms with Crippen LogP contribution >= 0.6 is 0 Å². The number of sulfone groups is 1. The maximum atomic E-state index is 13.6. The van der Waals surface area contributed by atoms with Crippen LogP contribution < -0.4 is 5.32 Å². The highest BCUT2D eigenvalue weighted by Crippen LogP contribution is 2.34. The molecule has 1 saturated carbocycles. The van der Waals surface area contributed by atoms with Gasteiger partial charge in [0.1, 0.15) is 16.5 Å². The van der Waals surface area contributed by atoms with Gasteiger partial charge >= 0.3 is 0 Å². The normalized spacial score (nSPS) is 17.1. The molecule has 3 nitrogen and oxygen atoms in total. The third kappa shape index (κ3) is 3.76. The number of benzene rings is 1. The molecule has 0 heterocycles. The van der Waals surface area contributed by atoms with Crippen LogP contribution in [-0.2, 0) is 9.84 Å². The molecule has 2 rings (SSSR count). The first kappa shape index (κ1) is 15.4. The van der Waals surface area contributed by atoms with E-state index in [0.29, 0.717) is 12.0 Å². The lowest BCUT2D eigenvalue weighted by atomic mass is 10.2. The van der Waals surface area contributed by atoms with E-state index in [4.69, 9.17) is 0 Å². The summed E-state index contributed by atoms with van der Waals surface area (Å²) in [6, 6.07) is 2.44. The molecule has 0 radical (unpaired) electrons. The first-order valence-corrected chi connectivity index (χ1v) is 8.50. The van der Waals surface area contributed by atoms with Gasteiger partial charge in [-0.15, -0.1) is 0 Å². The molecular weight excluding hydrogens is 284 g/mol. The fourth-order valence-corrected chi connectivity index (χ4v) is 3.92. The number of rotatable bonds is 7. The van der Waals surface area contributed by atoms with Gasteiger partial charge < -0.3 is 5.32 Å². The number of halogens is 2. The molecule has 1 fully saturated rings. The van der Waals surface area contributed by atoms with Crippen molar-refractivity contribution < 1.29 is 17.2 Å². The largest absolute Gasteiger partial charge is 0.313 e. The van der Waals surface area contributed by atoms with Crippen LogP contribution in [0, 0.1) is 17.6 Å². The van der Waals surface area contributed by atoms with Gasteiger partial charge in [0.25, 0.3) is 0 Å². The third-order valence-corrected chi connectivity index (χ3v) is 5.27. The van der Waals surface area contributed by atoms with Crippen LogP contribution in [0.25, 0.3) is 0 Å². The van der Waals surface area contributed by atoms with Crippen LogP contribution in [0.3, 0.4) is 0 Å². The van der Waals surface area contributed by atoms with Crippen LogP contribution in [0.5, 0.6) is 0 Å². The van der Waals surface area contributed by atoms with Crippen molar-refractivity contribution in [3.8, 4) is 0 Å². The van der Waals surface area contributed by atoms with Gasteiger partial charge in [0, 0.05) is 12.1 Å². The minimum absolute atomic E-state index is 0.139. The Morgan fingerprint density at radius 2 is 2.05 bits per heavy atom. The van der Waals surface area contributed by atoms with Crippen molar-refractivity contribution in [1.82, 2.24) is 5.32 Å². The van der Waals surface area contributed by atoms with Crippen LogP contribution in [0.4, 0.5) is 8.78 Å². The first-order valence-electron chi connectivity index (χ1n) is 6.85.